The van der Waals surface area contributed by atoms with Crippen molar-refractivity contribution in [3.05, 3.63) is 0 Å². The van der Waals surface area contributed by atoms with Gasteiger partial charge in [0.25, 0.3) is 0 Å². The Hall–Kier alpha value is 0.430. The fourth-order valence-corrected chi connectivity index (χ4v) is 1.98. The smallest absolute Gasteiger partial charge is 0.250 e. The van der Waals surface area contributed by atoms with Gasteiger partial charge in [0.1, 0.15) is 0 Å². The lowest BCUT2D eigenvalue weighted by Crippen LogP contribution is -2.43. The fourth-order valence-electron chi connectivity index (χ4n) is 1.48. The van der Waals surface area contributed by atoms with E-state index < -0.39 is 3.23 Å². The number of rotatable bonds is 2. The molecule has 2 nitrogen and oxygen atoms in total. The third-order valence-corrected chi connectivity index (χ3v) is 4.20. The van der Waals surface area contributed by atoms with Crippen molar-refractivity contribution in [2.24, 2.45) is 0 Å². The molecule has 4 heteroatoms. The van der Waals surface area contributed by atoms with Crippen LogP contribution in [0.15, 0.2) is 0 Å². The van der Waals surface area contributed by atoms with E-state index in [1.54, 1.807) is 0 Å². The van der Waals surface area contributed by atoms with Gasteiger partial charge in [-0.05, 0) is 25.7 Å². The number of nitrogens with zero attached hydrogens (tertiary/aromatic N) is 1. The number of carbonyl (C=O) groups excluding carboxylic acids is 1. The van der Waals surface area contributed by atoms with Crippen molar-refractivity contribution in [1.82, 2.24) is 4.90 Å². The van der Waals surface area contributed by atoms with Crippen LogP contribution < -0.4 is 0 Å². The number of amides is 1. The lowest BCUT2D eigenvalue weighted by Gasteiger charge is -2.31. The van der Waals surface area contributed by atoms with Gasteiger partial charge < -0.3 is 4.90 Å². The first kappa shape index (κ1) is 11.5. The van der Waals surface area contributed by atoms with Crippen molar-refractivity contribution < 1.29 is 4.79 Å². The summed E-state index contributed by atoms with van der Waals surface area (Å²) in [5.41, 5.74) is 0. The molecule has 0 spiro atoms. The molecule has 0 unspecified atom stereocenters. The highest BCUT2D eigenvalue weighted by molar-refractivity contribution is 9.25. The number of carbonyl (C=O) groups is 1. The summed E-state index contributed by atoms with van der Waals surface area (Å²) in [5.74, 6) is 0.176. The van der Waals surface area contributed by atoms with Gasteiger partial charge in [-0.25, -0.2) is 0 Å². The quantitative estimate of drug-likeness (QED) is 0.718. The molecule has 0 atom stereocenters. The van der Waals surface area contributed by atoms with Crippen LogP contribution in [0.4, 0.5) is 0 Å². The van der Waals surface area contributed by atoms with Gasteiger partial charge in [0.15, 0.2) is 3.23 Å². The molecule has 1 rings (SSSR count). The Balaban J connectivity index is 2.55. The van der Waals surface area contributed by atoms with E-state index in [2.05, 4.69) is 31.9 Å². The van der Waals surface area contributed by atoms with Gasteiger partial charge in [-0.15, -0.1) is 0 Å². The van der Waals surface area contributed by atoms with Gasteiger partial charge >= 0.3 is 0 Å². The van der Waals surface area contributed by atoms with E-state index in [-0.39, 0.29) is 5.91 Å². The average Bonchev–Trinajstić information content (AvgIpc) is 2.18. The minimum atomic E-state index is -0.530. The SMILES string of the molecule is CCC(Br)(Br)C(=O)N1CCCCC1. The fraction of sp³-hybridized carbons (Fsp3) is 0.889. The lowest BCUT2D eigenvalue weighted by molar-refractivity contribution is -0.132. The van der Waals surface area contributed by atoms with Crippen LogP contribution in [0.1, 0.15) is 32.6 Å². The molecule has 0 aromatic rings. The van der Waals surface area contributed by atoms with Gasteiger partial charge in [0.2, 0.25) is 5.91 Å². The Kier molecular flexibility index (Phi) is 4.23. The molecule has 1 aliphatic rings. The van der Waals surface area contributed by atoms with Crippen LogP contribution in [0.2, 0.25) is 0 Å². The number of alkyl halides is 2. The molecule has 0 saturated carbocycles. The molecule has 1 aliphatic heterocycles. The van der Waals surface area contributed by atoms with Gasteiger partial charge in [0, 0.05) is 13.1 Å². The number of halogens is 2. The molecular weight excluding hydrogens is 298 g/mol. The van der Waals surface area contributed by atoms with Crippen LogP contribution in [-0.4, -0.2) is 27.1 Å². The van der Waals surface area contributed by atoms with Crippen molar-refractivity contribution in [2.45, 2.75) is 35.8 Å². The molecule has 1 heterocycles. The number of piperidine rings is 1. The van der Waals surface area contributed by atoms with Gasteiger partial charge in [-0.2, -0.15) is 0 Å². The maximum Gasteiger partial charge on any atom is 0.250 e. The molecule has 0 aromatic carbocycles. The molecule has 1 amide bonds. The molecular formula is C9H15Br2NO. The summed E-state index contributed by atoms with van der Waals surface area (Å²) in [5, 5.41) is 0. The van der Waals surface area contributed by atoms with E-state index in [0.29, 0.717) is 0 Å². The molecule has 0 aromatic heterocycles. The van der Waals surface area contributed by atoms with E-state index in [9.17, 15) is 4.79 Å². The summed E-state index contributed by atoms with van der Waals surface area (Å²) in [6.07, 6.45) is 4.31. The highest BCUT2D eigenvalue weighted by Crippen LogP contribution is 2.32. The van der Waals surface area contributed by atoms with E-state index in [4.69, 9.17) is 0 Å². The van der Waals surface area contributed by atoms with Gasteiger partial charge in [-0.1, -0.05) is 38.8 Å². The van der Waals surface area contributed by atoms with E-state index in [1.807, 2.05) is 11.8 Å². The Morgan fingerprint density at radius 1 is 1.31 bits per heavy atom. The first-order valence-corrected chi connectivity index (χ1v) is 6.33. The summed E-state index contributed by atoms with van der Waals surface area (Å²) in [7, 11) is 0. The molecule has 1 fully saturated rings. The standard InChI is InChI=1S/C9H15Br2NO/c1-2-9(10,11)8(13)12-6-4-3-5-7-12/h2-7H2,1H3. The monoisotopic (exact) mass is 311 g/mol. The Labute approximate surface area is 96.3 Å². The van der Waals surface area contributed by atoms with Gasteiger partial charge in [0.05, 0.1) is 0 Å². The van der Waals surface area contributed by atoms with Crippen LogP contribution in [0.5, 0.6) is 0 Å². The van der Waals surface area contributed by atoms with Gasteiger partial charge in [-0.3, -0.25) is 4.79 Å². The summed E-state index contributed by atoms with van der Waals surface area (Å²) in [6, 6.07) is 0. The Morgan fingerprint density at radius 3 is 2.31 bits per heavy atom. The van der Waals surface area contributed by atoms with Crippen LogP contribution in [0.3, 0.4) is 0 Å². The predicted octanol–water partition coefficient (Wildman–Crippen LogP) is 2.90. The maximum absolute atomic E-state index is 11.9. The first-order valence-electron chi connectivity index (χ1n) is 4.75. The highest BCUT2D eigenvalue weighted by atomic mass is 79.9. The summed E-state index contributed by atoms with van der Waals surface area (Å²) in [4.78, 5) is 13.8. The number of hydrogen-bond acceptors (Lipinski definition) is 1. The zero-order chi connectivity index (χ0) is 9.90. The first-order chi connectivity index (χ1) is 6.08. The second-order valence-electron chi connectivity index (χ2n) is 3.41. The van der Waals surface area contributed by atoms with Crippen molar-refractivity contribution in [3.8, 4) is 0 Å². The maximum atomic E-state index is 11.9. The Bertz CT molecular complexity index is 188. The third kappa shape index (κ3) is 2.94. The summed E-state index contributed by atoms with van der Waals surface area (Å²) in [6.45, 7) is 3.82. The molecule has 76 valence electrons. The molecule has 0 aliphatic carbocycles. The van der Waals surface area contributed by atoms with Crippen LogP contribution in [-0.2, 0) is 4.79 Å². The highest BCUT2D eigenvalue weighted by Gasteiger charge is 2.34. The zero-order valence-corrected chi connectivity index (χ0v) is 11.0. The topological polar surface area (TPSA) is 20.3 Å². The zero-order valence-electron chi connectivity index (χ0n) is 7.85. The molecule has 13 heavy (non-hydrogen) atoms. The van der Waals surface area contributed by atoms with Crippen molar-refractivity contribution >= 4 is 37.8 Å². The summed E-state index contributed by atoms with van der Waals surface area (Å²) < 4.78 is -0.530. The second kappa shape index (κ2) is 4.78. The molecule has 0 radical (unpaired) electrons. The van der Waals surface area contributed by atoms with Crippen molar-refractivity contribution in [1.29, 1.82) is 0 Å². The van der Waals surface area contributed by atoms with Crippen molar-refractivity contribution in [3.63, 3.8) is 0 Å². The van der Waals surface area contributed by atoms with Crippen LogP contribution in [0, 0.1) is 0 Å². The lowest BCUT2D eigenvalue weighted by atomic mass is 10.1. The second-order valence-corrected chi connectivity index (χ2v) is 7.18. The molecule has 0 bridgehead atoms. The number of hydrogen-bond donors (Lipinski definition) is 0. The van der Waals surface area contributed by atoms with E-state index >= 15 is 0 Å². The Morgan fingerprint density at radius 2 is 1.85 bits per heavy atom. The van der Waals surface area contributed by atoms with E-state index in [1.165, 1.54) is 6.42 Å². The number of likely N-dealkylation sites (tertiary alicyclic amines) is 1. The van der Waals surface area contributed by atoms with Crippen LogP contribution >= 0.6 is 31.9 Å². The predicted molar refractivity (Wildman–Crippen MR) is 61.3 cm³/mol. The molecule has 1 saturated heterocycles. The summed E-state index contributed by atoms with van der Waals surface area (Å²) >= 11 is 6.81. The molecule has 0 N–H and O–H groups in total. The average molecular weight is 313 g/mol. The van der Waals surface area contributed by atoms with E-state index in [0.717, 1.165) is 32.4 Å². The largest absolute Gasteiger partial charge is 0.341 e. The minimum Gasteiger partial charge on any atom is -0.341 e. The minimum absolute atomic E-state index is 0.176. The third-order valence-electron chi connectivity index (χ3n) is 2.40. The normalized spacial score (nSPS) is 18.8. The van der Waals surface area contributed by atoms with Crippen LogP contribution in [0.25, 0.3) is 0 Å². The van der Waals surface area contributed by atoms with Crippen molar-refractivity contribution in [2.75, 3.05) is 13.1 Å².